The Morgan fingerprint density at radius 3 is 2.85 bits per heavy atom. The molecule has 0 bridgehead atoms. The smallest absolute Gasteiger partial charge is 0.0839 e. The summed E-state index contributed by atoms with van der Waals surface area (Å²) in [6, 6.07) is 13.3. The molecule has 1 N–H and O–H groups in total. The van der Waals surface area contributed by atoms with Gasteiger partial charge in [-0.25, -0.2) is 0 Å². The highest BCUT2D eigenvalue weighted by Gasteiger charge is 2.25. The molecule has 1 aliphatic heterocycles. The molecule has 2 unspecified atom stereocenters. The van der Waals surface area contributed by atoms with E-state index in [1.807, 2.05) is 25.2 Å². The second-order valence-corrected chi connectivity index (χ2v) is 5.63. The molecule has 20 heavy (non-hydrogen) atoms. The average molecular weight is 271 g/mol. The fourth-order valence-corrected chi connectivity index (χ4v) is 3.08. The minimum Gasteiger partial charge on any atom is -0.320 e. The summed E-state index contributed by atoms with van der Waals surface area (Å²) in [7, 11) is 2.01. The van der Waals surface area contributed by atoms with Gasteiger partial charge in [-0.3, -0.25) is 4.90 Å². The number of nitrogens with zero attached hydrogens (tertiary/aromatic N) is 2. The molecule has 1 aromatic rings. The van der Waals surface area contributed by atoms with Gasteiger partial charge in [-0.1, -0.05) is 36.8 Å². The number of benzene rings is 1. The molecule has 1 aliphatic rings. The summed E-state index contributed by atoms with van der Waals surface area (Å²) < 4.78 is 0. The van der Waals surface area contributed by atoms with E-state index in [-0.39, 0.29) is 5.92 Å². The minimum absolute atomic E-state index is 0.00798. The van der Waals surface area contributed by atoms with Crippen LogP contribution in [-0.2, 0) is 0 Å². The monoisotopic (exact) mass is 271 g/mol. The fourth-order valence-electron chi connectivity index (χ4n) is 3.08. The van der Waals surface area contributed by atoms with Gasteiger partial charge in [-0.05, 0) is 45.0 Å². The van der Waals surface area contributed by atoms with Crippen LogP contribution in [-0.4, -0.2) is 37.6 Å². The molecule has 2 rings (SSSR count). The molecule has 108 valence electrons. The van der Waals surface area contributed by atoms with Gasteiger partial charge in [0.05, 0.1) is 12.0 Å². The standard InChI is InChI=1S/C17H25N3/c1-19-11-10-17-9-5-6-12-20(17)14-16(13-18)15-7-3-2-4-8-15/h2-4,7-8,16-17,19H,5-6,9-12,14H2,1H3. The summed E-state index contributed by atoms with van der Waals surface area (Å²) in [5.41, 5.74) is 1.15. The zero-order valence-corrected chi connectivity index (χ0v) is 12.4. The molecule has 0 radical (unpaired) electrons. The van der Waals surface area contributed by atoms with Crippen LogP contribution in [0.1, 0.15) is 37.2 Å². The van der Waals surface area contributed by atoms with Crippen LogP contribution in [0.3, 0.4) is 0 Å². The van der Waals surface area contributed by atoms with Crippen LogP contribution < -0.4 is 5.32 Å². The first-order valence-corrected chi connectivity index (χ1v) is 7.68. The molecule has 0 amide bonds. The third-order valence-electron chi connectivity index (χ3n) is 4.25. The molecule has 1 fully saturated rings. The molecule has 0 saturated carbocycles. The molecule has 3 heteroatoms. The SMILES string of the molecule is CNCCC1CCCCN1CC(C#N)c1ccccc1. The molecule has 0 aromatic heterocycles. The highest BCUT2D eigenvalue weighted by Crippen LogP contribution is 2.24. The maximum Gasteiger partial charge on any atom is 0.0839 e. The van der Waals surface area contributed by atoms with Crippen molar-refractivity contribution in [2.75, 3.05) is 26.7 Å². The largest absolute Gasteiger partial charge is 0.320 e. The highest BCUT2D eigenvalue weighted by molar-refractivity contribution is 5.25. The van der Waals surface area contributed by atoms with Crippen LogP contribution in [0.4, 0.5) is 0 Å². The van der Waals surface area contributed by atoms with Gasteiger partial charge in [-0.2, -0.15) is 5.26 Å². The highest BCUT2D eigenvalue weighted by atomic mass is 15.2. The second kappa shape index (κ2) is 8.04. The third-order valence-corrected chi connectivity index (χ3v) is 4.25. The minimum atomic E-state index is -0.00798. The van der Waals surface area contributed by atoms with Crippen LogP contribution in [0.25, 0.3) is 0 Å². The number of nitriles is 1. The number of piperidine rings is 1. The lowest BCUT2D eigenvalue weighted by Crippen LogP contribution is -2.42. The number of hydrogen-bond acceptors (Lipinski definition) is 3. The van der Waals surface area contributed by atoms with Crippen molar-refractivity contribution in [2.24, 2.45) is 0 Å². The Kier molecular flexibility index (Phi) is 6.04. The van der Waals surface area contributed by atoms with Crippen LogP contribution in [0, 0.1) is 11.3 Å². The van der Waals surface area contributed by atoms with Crippen LogP contribution >= 0.6 is 0 Å². The Bertz CT molecular complexity index is 424. The van der Waals surface area contributed by atoms with E-state index in [1.54, 1.807) is 0 Å². The van der Waals surface area contributed by atoms with Gasteiger partial charge in [0.1, 0.15) is 0 Å². The first-order valence-electron chi connectivity index (χ1n) is 7.68. The first kappa shape index (κ1) is 15.0. The Hall–Kier alpha value is -1.37. The van der Waals surface area contributed by atoms with Gasteiger partial charge in [0, 0.05) is 12.6 Å². The molecular weight excluding hydrogens is 246 g/mol. The van der Waals surface area contributed by atoms with E-state index >= 15 is 0 Å². The first-order chi connectivity index (χ1) is 9.85. The van der Waals surface area contributed by atoms with Crippen molar-refractivity contribution >= 4 is 0 Å². The third kappa shape index (κ3) is 4.06. The molecule has 2 atom stereocenters. The zero-order chi connectivity index (χ0) is 14.2. The summed E-state index contributed by atoms with van der Waals surface area (Å²) in [4.78, 5) is 2.53. The summed E-state index contributed by atoms with van der Waals surface area (Å²) in [6.45, 7) is 3.07. The number of hydrogen-bond donors (Lipinski definition) is 1. The van der Waals surface area contributed by atoms with Crippen molar-refractivity contribution in [1.82, 2.24) is 10.2 Å². The van der Waals surface area contributed by atoms with Gasteiger partial charge in [0.2, 0.25) is 0 Å². The summed E-state index contributed by atoms with van der Waals surface area (Å²) in [5.74, 6) is -0.00798. The van der Waals surface area contributed by atoms with Crippen LogP contribution in [0.2, 0.25) is 0 Å². The molecule has 0 aliphatic carbocycles. The van der Waals surface area contributed by atoms with Gasteiger partial charge in [0.15, 0.2) is 0 Å². The Balaban J connectivity index is 1.99. The van der Waals surface area contributed by atoms with Gasteiger partial charge >= 0.3 is 0 Å². The topological polar surface area (TPSA) is 39.1 Å². The van der Waals surface area contributed by atoms with Crippen molar-refractivity contribution in [3.8, 4) is 6.07 Å². The predicted molar refractivity (Wildman–Crippen MR) is 82.6 cm³/mol. The maximum absolute atomic E-state index is 9.48. The Morgan fingerprint density at radius 1 is 1.35 bits per heavy atom. The van der Waals surface area contributed by atoms with E-state index in [9.17, 15) is 5.26 Å². The normalized spacial score (nSPS) is 21.3. The van der Waals surface area contributed by atoms with Gasteiger partial charge < -0.3 is 5.32 Å². The van der Waals surface area contributed by atoms with E-state index in [0.29, 0.717) is 6.04 Å². The van der Waals surface area contributed by atoms with E-state index in [1.165, 1.54) is 25.7 Å². The maximum atomic E-state index is 9.48. The van der Waals surface area contributed by atoms with E-state index in [2.05, 4.69) is 28.4 Å². The fraction of sp³-hybridized carbons (Fsp3) is 0.588. The second-order valence-electron chi connectivity index (χ2n) is 5.63. The zero-order valence-electron chi connectivity index (χ0n) is 12.4. The lowest BCUT2D eigenvalue weighted by atomic mass is 9.95. The molecule has 1 heterocycles. The molecule has 3 nitrogen and oxygen atoms in total. The van der Waals surface area contributed by atoms with Crippen molar-refractivity contribution in [2.45, 2.75) is 37.6 Å². The van der Waals surface area contributed by atoms with Crippen LogP contribution in [0.5, 0.6) is 0 Å². The summed E-state index contributed by atoms with van der Waals surface area (Å²) in [6.07, 6.45) is 5.05. The van der Waals surface area contributed by atoms with E-state index < -0.39 is 0 Å². The van der Waals surface area contributed by atoms with Crippen molar-refractivity contribution in [3.63, 3.8) is 0 Å². The van der Waals surface area contributed by atoms with Crippen molar-refractivity contribution in [1.29, 1.82) is 5.26 Å². The predicted octanol–water partition coefficient (Wildman–Crippen LogP) is 2.76. The average Bonchev–Trinajstić information content (AvgIpc) is 2.52. The summed E-state index contributed by atoms with van der Waals surface area (Å²) in [5, 5.41) is 12.7. The van der Waals surface area contributed by atoms with Gasteiger partial charge in [0.25, 0.3) is 0 Å². The van der Waals surface area contributed by atoms with E-state index in [4.69, 9.17) is 0 Å². The number of rotatable bonds is 6. The van der Waals surface area contributed by atoms with Gasteiger partial charge in [-0.15, -0.1) is 0 Å². The van der Waals surface area contributed by atoms with E-state index in [0.717, 1.165) is 25.2 Å². The lowest BCUT2D eigenvalue weighted by Gasteiger charge is -2.37. The molecular formula is C17H25N3. The molecule has 1 saturated heterocycles. The number of nitrogens with one attached hydrogen (secondary N) is 1. The number of likely N-dealkylation sites (tertiary alicyclic amines) is 1. The lowest BCUT2D eigenvalue weighted by molar-refractivity contribution is 0.138. The van der Waals surface area contributed by atoms with Crippen molar-refractivity contribution < 1.29 is 0 Å². The van der Waals surface area contributed by atoms with Crippen LogP contribution in [0.15, 0.2) is 30.3 Å². The quantitative estimate of drug-likeness (QED) is 0.864. The van der Waals surface area contributed by atoms with Crippen molar-refractivity contribution in [3.05, 3.63) is 35.9 Å². The Morgan fingerprint density at radius 2 is 2.15 bits per heavy atom. The summed E-state index contributed by atoms with van der Waals surface area (Å²) >= 11 is 0. The molecule has 0 spiro atoms. The Labute approximate surface area is 122 Å². The molecule has 1 aromatic carbocycles.